The summed E-state index contributed by atoms with van der Waals surface area (Å²) in [4.78, 5) is 0. The minimum Gasteiger partial charge on any atom is -0.496 e. The number of ether oxygens (including phenoxy) is 2. The lowest BCUT2D eigenvalue weighted by Gasteiger charge is -2.21. The maximum absolute atomic E-state index is 14.0. The molecule has 0 N–H and O–H groups in total. The number of rotatable bonds is 8. The highest BCUT2D eigenvalue weighted by Gasteiger charge is 2.21. The third kappa shape index (κ3) is 6.07. The molecule has 0 spiro atoms. The average Bonchev–Trinajstić information content (AvgIpc) is 2.72. The van der Waals surface area contributed by atoms with Crippen LogP contribution in [0.3, 0.4) is 0 Å². The normalized spacial score (nSPS) is 13.7. The van der Waals surface area contributed by atoms with Gasteiger partial charge in [-0.3, -0.25) is 0 Å². The summed E-state index contributed by atoms with van der Waals surface area (Å²) >= 11 is 12.4. The lowest BCUT2D eigenvalue weighted by molar-refractivity contribution is 0.140. The first-order valence-electron chi connectivity index (χ1n) is 9.98. The van der Waals surface area contributed by atoms with Gasteiger partial charge in [-0.25, -0.2) is 4.39 Å². The molecule has 3 nitrogen and oxygen atoms in total. The van der Waals surface area contributed by atoms with Crippen molar-refractivity contribution in [2.24, 2.45) is 0 Å². The van der Waals surface area contributed by atoms with Crippen molar-refractivity contribution >= 4 is 41.2 Å². The molecule has 0 aliphatic rings. The molecule has 32 heavy (non-hydrogen) atoms. The van der Waals surface area contributed by atoms with Gasteiger partial charge in [0.1, 0.15) is 30.6 Å². The Morgan fingerprint density at radius 1 is 1.22 bits per heavy atom. The van der Waals surface area contributed by atoms with Crippen LogP contribution in [0.4, 0.5) is 4.39 Å². The third-order valence-electron chi connectivity index (χ3n) is 4.93. The monoisotopic (exact) mass is 496 g/mol. The van der Waals surface area contributed by atoms with Crippen LogP contribution >= 0.6 is 30.3 Å². The van der Waals surface area contributed by atoms with Crippen LogP contribution in [0.2, 0.25) is 10.0 Å². The predicted octanol–water partition coefficient (Wildman–Crippen LogP) is 8.03. The number of benzene rings is 2. The standard InChI is InChI=1S/C25H28Cl2FO3P/c1-8-17(19-10-9-18(32(6,7)29)14-23(19)30-5)13-22(15(2)3)31-16(4)24-20(26)11-12-21(28)25(24)27/h8-14,16H,2H2,1,3-7H3/b17-8+,22-13+/t16-/m1/s1. The summed E-state index contributed by atoms with van der Waals surface area (Å²) < 4.78 is 38.1. The summed E-state index contributed by atoms with van der Waals surface area (Å²) in [6, 6.07) is 8.18. The van der Waals surface area contributed by atoms with Crippen molar-refractivity contribution in [2.75, 3.05) is 20.4 Å². The maximum atomic E-state index is 14.0. The molecule has 0 saturated heterocycles. The number of methoxy groups -OCH3 is 1. The molecule has 172 valence electrons. The minimum absolute atomic E-state index is 0.0712. The van der Waals surface area contributed by atoms with Crippen LogP contribution in [-0.4, -0.2) is 20.4 Å². The van der Waals surface area contributed by atoms with Crippen LogP contribution < -0.4 is 10.0 Å². The molecule has 2 rings (SSSR count). The summed E-state index contributed by atoms with van der Waals surface area (Å²) in [5.74, 6) is 0.524. The van der Waals surface area contributed by atoms with Gasteiger partial charge >= 0.3 is 0 Å². The molecule has 1 atom stereocenters. The Bertz CT molecular complexity index is 1130. The Morgan fingerprint density at radius 3 is 2.41 bits per heavy atom. The Balaban J connectivity index is 2.49. The summed E-state index contributed by atoms with van der Waals surface area (Å²) in [5, 5.41) is 0.980. The fourth-order valence-electron chi connectivity index (χ4n) is 3.13. The topological polar surface area (TPSA) is 35.5 Å². The van der Waals surface area contributed by atoms with E-state index in [0.717, 1.165) is 16.4 Å². The fraction of sp³-hybridized carbons (Fsp3) is 0.280. The van der Waals surface area contributed by atoms with Crippen LogP contribution in [0.5, 0.6) is 5.75 Å². The Kier molecular flexibility index (Phi) is 8.82. The van der Waals surface area contributed by atoms with Gasteiger partial charge in [0, 0.05) is 21.5 Å². The maximum Gasteiger partial charge on any atom is 0.142 e. The molecule has 0 aliphatic carbocycles. The van der Waals surface area contributed by atoms with Crippen molar-refractivity contribution in [1.82, 2.24) is 0 Å². The second-order valence-electron chi connectivity index (χ2n) is 7.79. The average molecular weight is 497 g/mol. The van der Waals surface area contributed by atoms with Gasteiger partial charge in [-0.2, -0.15) is 0 Å². The first kappa shape index (κ1) is 26.3. The van der Waals surface area contributed by atoms with Crippen LogP contribution in [0.1, 0.15) is 38.0 Å². The predicted molar refractivity (Wildman–Crippen MR) is 135 cm³/mol. The molecule has 0 aromatic heterocycles. The molecular formula is C25H28Cl2FO3P. The lowest BCUT2D eigenvalue weighted by Crippen LogP contribution is -2.06. The van der Waals surface area contributed by atoms with E-state index in [9.17, 15) is 8.96 Å². The molecule has 0 bridgehead atoms. The Labute approximate surface area is 199 Å². The molecule has 2 aromatic rings. The first-order chi connectivity index (χ1) is 14.9. The number of hydrogen-bond acceptors (Lipinski definition) is 3. The lowest BCUT2D eigenvalue weighted by atomic mass is 10.0. The van der Waals surface area contributed by atoms with E-state index in [1.54, 1.807) is 33.4 Å². The van der Waals surface area contributed by atoms with Gasteiger partial charge in [0.15, 0.2) is 0 Å². The van der Waals surface area contributed by atoms with Crippen molar-refractivity contribution in [3.63, 3.8) is 0 Å². The van der Waals surface area contributed by atoms with E-state index < -0.39 is 19.1 Å². The molecule has 0 saturated carbocycles. The van der Waals surface area contributed by atoms with Gasteiger partial charge in [-0.05, 0) is 75.6 Å². The van der Waals surface area contributed by atoms with Crippen molar-refractivity contribution in [1.29, 1.82) is 0 Å². The molecule has 0 amide bonds. The second-order valence-corrected chi connectivity index (χ2v) is 11.8. The van der Waals surface area contributed by atoms with Gasteiger partial charge in [0.25, 0.3) is 0 Å². The largest absolute Gasteiger partial charge is 0.496 e. The summed E-state index contributed by atoms with van der Waals surface area (Å²) in [5.41, 5.74) is 2.66. The number of allylic oxidation sites excluding steroid dienone is 4. The summed E-state index contributed by atoms with van der Waals surface area (Å²) in [6.07, 6.45) is 3.12. The van der Waals surface area contributed by atoms with E-state index in [1.807, 2.05) is 38.1 Å². The molecular weight excluding hydrogens is 469 g/mol. The number of hydrogen-bond donors (Lipinski definition) is 0. The molecule has 0 fully saturated rings. The first-order valence-corrected chi connectivity index (χ1v) is 13.3. The van der Waals surface area contributed by atoms with E-state index in [2.05, 4.69) is 6.58 Å². The molecule has 0 unspecified atom stereocenters. The molecule has 2 aromatic carbocycles. The third-order valence-corrected chi connectivity index (χ3v) is 7.16. The van der Waals surface area contributed by atoms with Gasteiger partial charge in [-0.1, -0.05) is 41.9 Å². The SMILES string of the molecule is C=C(C)/C(=C\C(=C/C)c1ccc(P(C)(C)=O)cc1OC)O[C@H](C)c1c(Cl)ccc(F)c1Cl. The zero-order valence-electron chi connectivity index (χ0n) is 19.1. The van der Waals surface area contributed by atoms with Crippen molar-refractivity contribution in [3.05, 3.63) is 87.4 Å². The van der Waals surface area contributed by atoms with Crippen molar-refractivity contribution in [2.45, 2.75) is 26.9 Å². The van der Waals surface area contributed by atoms with Gasteiger partial charge in [0.05, 0.1) is 12.1 Å². The molecule has 7 heteroatoms. The van der Waals surface area contributed by atoms with Gasteiger partial charge < -0.3 is 14.0 Å². The Hall–Kier alpha value is -2.00. The van der Waals surface area contributed by atoms with Gasteiger partial charge in [-0.15, -0.1) is 0 Å². The Morgan fingerprint density at radius 2 is 1.88 bits per heavy atom. The van der Waals surface area contributed by atoms with E-state index >= 15 is 0 Å². The van der Waals surface area contributed by atoms with Crippen LogP contribution in [0.25, 0.3) is 5.57 Å². The molecule has 0 aliphatic heterocycles. The quantitative estimate of drug-likeness (QED) is 0.160. The van der Waals surface area contributed by atoms with E-state index in [0.29, 0.717) is 27.7 Å². The van der Waals surface area contributed by atoms with Crippen LogP contribution in [0, 0.1) is 5.82 Å². The highest BCUT2D eigenvalue weighted by molar-refractivity contribution is 7.70. The van der Waals surface area contributed by atoms with E-state index in [-0.39, 0.29) is 5.02 Å². The zero-order valence-corrected chi connectivity index (χ0v) is 21.5. The minimum atomic E-state index is -2.44. The summed E-state index contributed by atoms with van der Waals surface area (Å²) in [6.45, 7) is 12.9. The van der Waals surface area contributed by atoms with Crippen LogP contribution in [0.15, 0.2) is 60.4 Å². The highest BCUT2D eigenvalue weighted by Crippen LogP contribution is 2.39. The van der Waals surface area contributed by atoms with E-state index in [4.69, 9.17) is 32.7 Å². The molecule has 0 heterocycles. The van der Waals surface area contributed by atoms with Gasteiger partial charge in [0.2, 0.25) is 0 Å². The van der Waals surface area contributed by atoms with Crippen LogP contribution in [-0.2, 0) is 9.30 Å². The fourth-order valence-corrected chi connectivity index (χ4v) is 4.67. The summed E-state index contributed by atoms with van der Waals surface area (Å²) in [7, 11) is -0.864. The molecule has 0 radical (unpaired) electrons. The van der Waals surface area contributed by atoms with Crippen molar-refractivity contribution < 1.29 is 18.4 Å². The van der Waals surface area contributed by atoms with E-state index in [1.165, 1.54) is 12.1 Å². The van der Waals surface area contributed by atoms with Crippen molar-refractivity contribution in [3.8, 4) is 5.75 Å². The zero-order chi connectivity index (χ0) is 24.2. The number of halogens is 3. The smallest absolute Gasteiger partial charge is 0.142 e. The highest BCUT2D eigenvalue weighted by atomic mass is 35.5. The second kappa shape index (κ2) is 10.7.